The van der Waals surface area contributed by atoms with E-state index in [2.05, 4.69) is 0 Å². The molecule has 0 bridgehead atoms. The number of hydrogen-bond donors (Lipinski definition) is 0. The van der Waals surface area contributed by atoms with Crippen LogP contribution in [0.5, 0.6) is 0 Å². The highest BCUT2D eigenvalue weighted by Gasteiger charge is 2.61. The molecule has 3 rings (SSSR count). The summed E-state index contributed by atoms with van der Waals surface area (Å²) in [5, 5.41) is 0.719. The summed E-state index contributed by atoms with van der Waals surface area (Å²) < 4.78 is 34.2. The molecule has 0 radical (unpaired) electrons. The Morgan fingerprint density at radius 2 is 2.05 bits per heavy atom. The van der Waals surface area contributed by atoms with Gasteiger partial charge in [0.1, 0.15) is 11.7 Å². The van der Waals surface area contributed by atoms with E-state index in [1.54, 1.807) is 0 Å². The third-order valence-corrected chi connectivity index (χ3v) is 5.91. The van der Waals surface area contributed by atoms with Gasteiger partial charge in [-0.1, -0.05) is 23.7 Å². The number of rotatable bonds is 5. The predicted molar refractivity (Wildman–Crippen MR) is 85.4 cm³/mol. The molecule has 1 aromatic carbocycles. The SMILES string of the molecule is CC(OS(C)(=O)=O)C12OCC1CCC2Cc1ccc(Cl)cc1. The van der Waals surface area contributed by atoms with Gasteiger partial charge in [-0.25, -0.2) is 0 Å². The zero-order valence-electron chi connectivity index (χ0n) is 12.8. The van der Waals surface area contributed by atoms with Crippen LogP contribution in [0.4, 0.5) is 0 Å². The van der Waals surface area contributed by atoms with Gasteiger partial charge in [0.15, 0.2) is 0 Å². The maximum absolute atomic E-state index is 11.5. The molecule has 0 spiro atoms. The first-order chi connectivity index (χ1) is 10.3. The average molecular weight is 345 g/mol. The molecule has 1 saturated carbocycles. The molecule has 1 aliphatic carbocycles. The second-order valence-corrected chi connectivity index (χ2v) is 8.45. The van der Waals surface area contributed by atoms with Gasteiger partial charge < -0.3 is 4.74 Å². The van der Waals surface area contributed by atoms with E-state index >= 15 is 0 Å². The number of ether oxygens (including phenoxy) is 1. The van der Waals surface area contributed by atoms with Gasteiger partial charge in [0.05, 0.1) is 12.9 Å². The zero-order valence-corrected chi connectivity index (χ0v) is 14.4. The predicted octanol–water partition coefficient (Wildman–Crippen LogP) is 3.04. The summed E-state index contributed by atoms with van der Waals surface area (Å²) in [6.45, 7) is 2.52. The van der Waals surface area contributed by atoms with E-state index < -0.39 is 21.8 Å². The number of benzene rings is 1. The molecule has 4 unspecified atom stereocenters. The molecule has 122 valence electrons. The van der Waals surface area contributed by atoms with Crippen molar-refractivity contribution in [1.29, 1.82) is 0 Å². The molecule has 1 aromatic rings. The summed E-state index contributed by atoms with van der Waals surface area (Å²) in [4.78, 5) is 0. The van der Waals surface area contributed by atoms with E-state index in [0.717, 1.165) is 30.5 Å². The Balaban J connectivity index is 1.80. The van der Waals surface area contributed by atoms with Crippen LogP contribution in [0.1, 0.15) is 25.3 Å². The highest BCUT2D eigenvalue weighted by molar-refractivity contribution is 7.86. The fourth-order valence-electron chi connectivity index (χ4n) is 4.07. The Hall–Kier alpha value is -0.620. The molecule has 0 amide bonds. The number of hydrogen-bond acceptors (Lipinski definition) is 4. The van der Waals surface area contributed by atoms with Crippen molar-refractivity contribution in [2.24, 2.45) is 11.8 Å². The van der Waals surface area contributed by atoms with Crippen LogP contribution in [-0.4, -0.2) is 33.0 Å². The van der Waals surface area contributed by atoms with Gasteiger partial charge in [-0.15, -0.1) is 0 Å². The molecule has 4 atom stereocenters. The van der Waals surface area contributed by atoms with Crippen molar-refractivity contribution >= 4 is 21.7 Å². The normalized spacial score (nSPS) is 32.3. The highest BCUT2D eigenvalue weighted by atomic mass is 35.5. The van der Waals surface area contributed by atoms with Crippen molar-refractivity contribution in [3.8, 4) is 0 Å². The topological polar surface area (TPSA) is 52.6 Å². The minimum Gasteiger partial charge on any atom is -0.371 e. The van der Waals surface area contributed by atoms with Crippen LogP contribution in [0.15, 0.2) is 24.3 Å². The molecule has 1 saturated heterocycles. The van der Waals surface area contributed by atoms with Crippen LogP contribution in [0.3, 0.4) is 0 Å². The first kappa shape index (κ1) is 16.2. The lowest BCUT2D eigenvalue weighted by Crippen LogP contribution is -2.62. The van der Waals surface area contributed by atoms with Crippen LogP contribution in [0.25, 0.3) is 0 Å². The quantitative estimate of drug-likeness (QED) is 0.770. The Labute approximate surface area is 136 Å². The van der Waals surface area contributed by atoms with Crippen molar-refractivity contribution in [2.45, 2.75) is 37.9 Å². The highest BCUT2D eigenvalue weighted by Crippen LogP contribution is 2.54. The smallest absolute Gasteiger partial charge is 0.264 e. The molecule has 6 heteroatoms. The maximum atomic E-state index is 11.5. The molecule has 4 nitrogen and oxygen atoms in total. The van der Waals surface area contributed by atoms with Gasteiger partial charge in [0.25, 0.3) is 10.1 Å². The standard InChI is InChI=1S/C16H21ClO4S/c1-11(21-22(2,18)19)16-13(5-6-14(16)10-20-16)9-12-3-7-15(17)8-4-12/h3-4,7-8,11,13-14H,5-6,9-10H2,1-2H3. The van der Waals surface area contributed by atoms with Gasteiger partial charge in [-0.05, 0) is 49.8 Å². The van der Waals surface area contributed by atoms with Gasteiger partial charge in [-0.2, -0.15) is 8.42 Å². The summed E-state index contributed by atoms with van der Waals surface area (Å²) >= 11 is 5.93. The first-order valence-corrected chi connectivity index (χ1v) is 9.77. The van der Waals surface area contributed by atoms with Crippen LogP contribution in [0, 0.1) is 11.8 Å². The lowest BCUT2D eigenvalue weighted by atomic mass is 9.74. The van der Waals surface area contributed by atoms with Crippen molar-refractivity contribution in [1.82, 2.24) is 0 Å². The molecule has 1 aliphatic heterocycles. The monoisotopic (exact) mass is 344 g/mol. The summed E-state index contributed by atoms with van der Waals surface area (Å²) in [6.07, 6.45) is 3.59. The molecule has 0 aromatic heterocycles. The molecule has 2 aliphatic rings. The zero-order chi connectivity index (χ0) is 16.0. The lowest BCUT2D eigenvalue weighted by Gasteiger charge is -2.51. The largest absolute Gasteiger partial charge is 0.371 e. The summed E-state index contributed by atoms with van der Waals surface area (Å²) in [5.74, 6) is 0.658. The molecule has 2 fully saturated rings. The van der Waals surface area contributed by atoms with Crippen molar-refractivity contribution in [3.63, 3.8) is 0 Å². The van der Waals surface area contributed by atoms with E-state index in [-0.39, 0.29) is 5.92 Å². The molecule has 0 N–H and O–H groups in total. The second kappa shape index (κ2) is 5.78. The minimum absolute atomic E-state index is 0.268. The Kier molecular flexibility index (Phi) is 4.27. The van der Waals surface area contributed by atoms with E-state index in [1.165, 1.54) is 5.56 Å². The summed E-state index contributed by atoms with van der Waals surface area (Å²) in [6, 6.07) is 7.80. The van der Waals surface area contributed by atoms with E-state index in [0.29, 0.717) is 12.5 Å². The summed E-state index contributed by atoms with van der Waals surface area (Å²) in [7, 11) is -3.49. The molecular weight excluding hydrogens is 324 g/mol. The van der Waals surface area contributed by atoms with Gasteiger partial charge in [0.2, 0.25) is 0 Å². The number of fused-ring (bicyclic) bond motifs is 1. The average Bonchev–Trinajstić information content (AvgIpc) is 2.61. The molecular formula is C16H21ClO4S. The fraction of sp³-hybridized carbons (Fsp3) is 0.625. The van der Waals surface area contributed by atoms with Crippen molar-refractivity contribution in [3.05, 3.63) is 34.9 Å². The maximum Gasteiger partial charge on any atom is 0.264 e. The summed E-state index contributed by atoms with van der Waals surface area (Å²) in [5.41, 5.74) is 0.722. The Morgan fingerprint density at radius 1 is 1.36 bits per heavy atom. The van der Waals surface area contributed by atoms with Gasteiger partial charge in [-0.3, -0.25) is 4.18 Å². The van der Waals surface area contributed by atoms with Crippen molar-refractivity contribution in [2.75, 3.05) is 12.9 Å². The van der Waals surface area contributed by atoms with Crippen LogP contribution in [-0.2, 0) is 25.5 Å². The van der Waals surface area contributed by atoms with E-state index in [1.807, 2.05) is 31.2 Å². The van der Waals surface area contributed by atoms with Crippen molar-refractivity contribution < 1.29 is 17.3 Å². The Morgan fingerprint density at radius 3 is 2.59 bits per heavy atom. The molecule has 1 heterocycles. The van der Waals surface area contributed by atoms with Crippen LogP contribution in [0.2, 0.25) is 5.02 Å². The lowest BCUT2D eigenvalue weighted by molar-refractivity contribution is -0.246. The van der Waals surface area contributed by atoms with Crippen LogP contribution >= 0.6 is 11.6 Å². The van der Waals surface area contributed by atoms with E-state index in [4.69, 9.17) is 20.5 Å². The second-order valence-electron chi connectivity index (χ2n) is 6.41. The third kappa shape index (κ3) is 2.92. The van der Waals surface area contributed by atoms with E-state index in [9.17, 15) is 8.42 Å². The Bertz CT molecular complexity index is 643. The van der Waals surface area contributed by atoms with Crippen LogP contribution < -0.4 is 0 Å². The first-order valence-electron chi connectivity index (χ1n) is 7.58. The van der Waals surface area contributed by atoms with Gasteiger partial charge >= 0.3 is 0 Å². The van der Waals surface area contributed by atoms with Gasteiger partial charge in [0, 0.05) is 10.9 Å². The fourth-order valence-corrected chi connectivity index (χ4v) is 4.87. The minimum atomic E-state index is -3.49. The third-order valence-electron chi connectivity index (χ3n) is 5.02. The molecule has 22 heavy (non-hydrogen) atoms. The number of halogens is 1.